The SMILES string of the molecule is CCCCOc1cc(C(=O)OCCN(CC)CC)ccc1NOC(=O)[C@H](N)Cc1ccc2ccccc2c1. The summed E-state index contributed by atoms with van der Waals surface area (Å²) >= 11 is 0. The van der Waals surface area contributed by atoms with E-state index in [1.165, 1.54) is 0 Å². The minimum absolute atomic E-state index is 0.305. The van der Waals surface area contributed by atoms with Gasteiger partial charge in [-0.05, 0) is 60.5 Å². The molecule has 0 fully saturated rings. The Morgan fingerprint density at radius 3 is 2.45 bits per heavy atom. The van der Waals surface area contributed by atoms with E-state index in [0.29, 0.717) is 43.2 Å². The summed E-state index contributed by atoms with van der Waals surface area (Å²) in [6.45, 7) is 9.43. The molecule has 0 radical (unpaired) electrons. The number of likely N-dealkylation sites (N-methyl/N-ethyl adjacent to an activating group) is 1. The number of ether oxygens (including phenoxy) is 2. The smallest absolute Gasteiger partial charge is 0.348 e. The van der Waals surface area contributed by atoms with Gasteiger partial charge in [-0.1, -0.05) is 69.7 Å². The molecule has 0 spiro atoms. The van der Waals surface area contributed by atoms with Gasteiger partial charge in [-0.25, -0.2) is 15.1 Å². The van der Waals surface area contributed by atoms with Crippen molar-refractivity contribution in [1.82, 2.24) is 4.90 Å². The molecule has 3 aromatic carbocycles. The molecule has 0 unspecified atom stereocenters. The van der Waals surface area contributed by atoms with Crippen LogP contribution in [0.5, 0.6) is 5.75 Å². The number of hydrogen-bond donors (Lipinski definition) is 2. The molecule has 3 rings (SSSR count). The van der Waals surface area contributed by atoms with Gasteiger partial charge in [0, 0.05) is 6.54 Å². The zero-order valence-corrected chi connectivity index (χ0v) is 22.6. The number of esters is 1. The van der Waals surface area contributed by atoms with E-state index in [4.69, 9.17) is 20.0 Å². The number of rotatable bonds is 15. The van der Waals surface area contributed by atoms with Crippen LogP contribution in [0, 0.1) is 0 Å². The van der Waals surface area contributed by atoms with Crippen molar-refractivity contribution in [2.75, 3.05) is 38.3 Å². The van der Waals surface area contributed by atoms with Crippen molar-refractivity contribution in [2.45, 2.75) is 46.1 Å². The molecule has 3 N–H and O–H groups in total. The van der Waals surface area contributed by atoms with Crippen LogP contribution in [-0.2, 0) is 20.8 Å². The number of fused-ring (bicyclic) bond motifs is 1. The summed E-state index contributed by atoms with van der Waals surface area (Å²) in [6.07, 6.45) is 2.13. The van der Waals surface area contributed by atoms with Crippen LogP contribution < -0.4 is 16.0 Å². The monoisotopic (exact) mass is 521 g/mol. The van der Waals surface area contributed by atoms with Crippen LogP contribution in [0.15, 0.2) is 60.7 Å². The van der Waals surface area contributed by atoms with Gasteiger partial charge in [0.05, 0.1) is 12.2 Å². The summed E-state index contributed by atoms with van der Waals surface area (Å²) in [5, 5.41) is 2.21. The van der Waals surface area contributed by atoms with Gasteiger partial charge in [0.2, 0.25) is 0 Å². The van der Waals surface area contributed by atoms with E-state index >= 15 is 0 Å². The molecule has 0 aliphatic rings. The highest BCUT2D eigenvalue weighted by Gasteiger charge is 2.19. The molecular formula is C30H39N3O5. The number of unbranched alkanes of at least 4 members (excludes halogenated alkanes) is 1. The lowest BCUT2D eigenvalue weighted by Crippen LogP contribution is -2.35. The first-order valence-corrected chi connectivity index (χ1v) is 13.3. The summed E-state index contributed by atoms with van der Waals surface area (Å²) in [7, 11) is 0. The largest absolute Gasteiger partial charge is 0.491 e. The summed E-state index contributed by atoms with van der Waals surface area (Å²) in [5.41, 5.74) is 10.5. The Morgan fingerprint density at radius 2 is 1.71 bits per heavy atom. The van der Waals surface area contributed by atoms with Crippen molar-refractivity contribution >= 4 is 28.4 Å². The van der Waals surface area contributed by atoms with E-state index in [0.717, 1.165) is 42.3 Å². The lowest BCUT2D eigenvalue weighted by Gasteiger charge is -2.18. The molecule has 204 valence electrons. The third kappa shape index (κ3) is 8.46. The van der Waals surface area contributed by atoms with Crippen LogP contribution in [0.3, 0.4) is 0 Å². The van der Waals surface area contributed by atoms with Crippen molar-refractivity contribution in [3.05, 3.63) is 71.8 Å². The highest BCUT2D eigenvalue weighted by molar-refractivity contribution is 5.91. The van der Waals surface area contributed by atoms with E-state index in [1.807, 2.05) is 42.5 Å². The zero-order chi connectivity index (χ0) is 27.3. The number of carbonyl (C=O) groups excluding carboxylic acids is 2. The Bertz CT molecular complexity index is 1200. The third-order valence-electron chi connectivity index (χ3n) is 6.34. The Labute approximate surface area is 225 Å². The van der Waals surface area contributed by atoms with Crippen LogP contribution in [0.25, 0.3) is 10.8 Å². The van der Waals surface area contributed by atoms with Crippen LogP contribution in [0.2, 0.25) is 0 Å². The zero-order valence-electron chi connectivity index (χ0n) is 22.6. The first-order valence-electron chi connectivity index (χ1n) is 13.3. The Hall–Kier alpha value is -3.62. The maximum absolute atomic E-state index is 12.6. The van der Waals surface area contributed by atoms with E-state index < -0.39 is 18.0 Å². The quantitative estimate of drug-likeness (QED) is 0.164. The maximum atomic E-state index is 12.6. The van der Waals surface area contributed by atoms with Gasteiger partial charge in [0.25, 0.3) is 0 Å². The lowest BCUT2D eigenvalue weighted by atomic mass is 10.0. The van der Waals surface area contributed by atoms with E-state index in [-0.39, 0.29) is 0 Å². The van der Waals surface area contributed by atoms with E-state index in [2.05, 4.69) is 31.2 Å². The van der Waals surface area contributed by atoms with Gasteiger partial charge >= 0.3 is 11.9 Å². The fraction of sp³-hybridized carbons (Fsp3) is 0.400. The highest BCUT2D eigenvalue weighted by atomic mass is 16.7. The number of carbonyl (C=O) groups is 2. The Morgan fingerprint density at radius 1 is 0.947 bits per heavy atom. The number of nitrogens with zero attached hydrogens (tertiary/aromatic N) is 1. The third-order valence-corrected chi connectivity index (χ3v) is 6.34. The van der Waals surface area contributed by atoms with E-state index in [1.54, 1.807) is 18.2 Å². The van der Waals surface area contributed by atoms with Crippen LogP contribution >= 0.6 is 0 Å². The normalized spacial score (nSPS) is 11.8. The number of hydrogen-bond acceptors (Lipinski definition) is 8. The average Bonchev–Trinajstić information content (AvgIpc) is 2.94. The molecule has 0 aromatic heterocycles. The minimum atomic E-state index is -0.854. The molecule has 8 nitrogen and oxygen atoms in total. The first kappa shape index (κ1) is 28.9. The maximum Gasteiger partial charge on any atom is 0.348 e. The number of benzene rings is 3. The Kier molecular flexibility index (Phi) is 11.4. The predicted octanol–water partition coefficient (Wildman–Crippen LogP) is 4.96. The standard InChI is InChI=1S/C30H39N3O5/c1-4-7-17-36-28-21-25(29(34)37-18-16-33(5-2)6-3)14-15-27(28)32-38-30(35)26(31)20-22-12-13-23-10-8-9-11-24(23)19-22/h8-15,19,21,26,32H,4-7,16-18,20,31H2,1-3H3/t26-/m1/s1. The topological polar surface area (TPSA) is 103 Å². The van der Waals surface area contributed by atoms with Gasteiger partial charge in [-0.15, -0.1) is 0 Å². The van der Waals surface area contributed by atoms with Crippen molar-refractivity contribution in [3.8, 4) is 5.75 Å². The molecular weight excluding hydrogens is 482 g/mol. The average molecular weight is 522 g/mol. The summed E-state index contributed by atoms with van der Waals surface area (Å²) < 4.78 is 11.3. The van der Waals surface area contributed by atoms with Gasteiger partial charge in [-0.2, -0.15) is 0 Å². The number of nitrogens with one attached hydrogen (secondary N) is 1. The Balaban J connectivity index is 1.61. The van der Waals surface area contributed by atoms with Crippen molar-refractivity contribution in [1.29, 1.82) is 0 Å². The molecule has 0 amide bonds. The second kappa shape index (κ2) is 15.0. The van der Waals surface area contributed by atoms with Crippen LogP contribution in [0.1, 0.15) is 49.5 Å². The lowest BCUT2D eigenvalue weighted by molar-refractivity contribution is -0.142. The second-order valence-corrected chi connectivity index (χ2v) is 9.09. The van der Waals surface area contributed by atoms with Crippen molar-refractivity contribution < 1.29 is 23.9 Å². The fourth-order valence-corrected chi connectivity index (χ4v) is 3.95. The molecule has 0 heterocycles. The number of anilines is 1. The molecule has 0 bridgehead atoms. The van der Waals surface area contributed by atoms with Crippen molar-refractivity contribution in [2.24, 2.45) is 5.73 Å². The van der Waals surface area contributed by atoms with Crippen molar-refractivity contribution in [3.63, 3.8) is 0 Å². The van der Waals surface area contributed by atoms with E-state index in [9.17, 15) is 9.59 Å². The first-order chi connectivity index (χ1) is 18.4. The van der Waals surface area contributed by atoms with Crippen LogP contribution in [0.4, 0.5) is 5.69 Å². The fourth-order valence-electron chi connectivity index (χ4n) is 3.95. The molecule has 1 atom stereocenters. The van der Waals surface area contributed by atoms with Gasteiger partial charge in [0.1, 0.15) is 24.1 Å². The van der Waals surface area contributed by atoms with Gasteiger partial charge in [0.15, 0.2) is 0 Å². The predicted molar refractivity (Wildman–Crippen MR) is 150 cm³/mol. The molecule has 0 saturated heterocycles. The van der Waals surface area contributed by atoms with Gasteiger partial charge < -0.3 is 24.9 Å². The molecule has 0 aliphatic carbocycles. The second-order valence-electron chi connectivity index (χ2n) is 9.09. The molecule has 3 aromatic rings. The number of nitrogens with two attached hydrogens (primary N) is 1. The molecule has 8 heteroatoms. The highest BCUT2D eigenvalue weighted by Crippen LogP contribution is 2.27. The summed E-state index contributed by atoms with van der Waals surface area (Å²) in [6, 6.07) is 18.0. The molecule has 38 heavy (non-hydrogen) atoms. The van der Waals surface area contributed by atoms with Crippen LogP contribution in [-0.4, -0.2) is 55.7 Å². The van der Waals surface area contributed by atoms with Gasteiger partial charge in [-0.3, -0.25) is 0 Å². The minimum Gasteiger partial charge on any atom is -0.491 e. The molecule has 0 aliphatic heterocycles. The summed E-state index contributed by atoms with van der Waals surface area (Å²) in [5.74, 6) is -0.636. The summed E-state index contributed by atoms with van der Waals surface area (Å²) in [4.78, 5) is 32.7. The molecule has 0 saturated carbocycles.